The van der Waals surface area contributed by atoms with Gasteiger partial charge in [-0.25, -0.2) is 0 Å². The SMILES string of the molecule is CCOC(=O)CSC1CCN(c2cc(C(F)(F)F)cc(C(F)(F)F)c2)C1. The Bertz CT molecular complexity index is 614. The van der Waals surface area contributed by atoms with E-state index in [-0.39, 0.29) is 35.9 Å². The zero-order valence-corrected chi connectivity index (χ0v) is 14.6. The third-order valence-electron chi connectivity index (χ3n) is 3.82. The number of alkyl halides is 6. The molecule has 1 aliphatic heterocycles. The van der Waals surface area contributed by atoms with Crippen LogP contribution in [0.3, 0.4) is 0 Å². The van der Waals surface area contributed by atoms with Gasteiger partial charge in [0.15, 0.2) is 0 Å². The molecule has 1 fully saturated rings. The zero-order valence-electron chi connectivity index (χ0n) is 13.8. The van der Waals surface area contributed by atoms with E-state index in [2.05, 4.69) is 0 Å². The fraction of sp³-hybridized carbons (Fsp3) is 0.562. The molecule has 1 atom stereocenters. The second kappa shape index (κ2) is 7.98. The van der Waals surface area contributed by atoms with Crippen molar-refractivity contribution in [2.75, 3.05) is 30.3 Å². The molecule has 2 rings (SSSR count). The average molecular weight is 401 g/mol. The summed E-state index contributed by atoms with van der Waals surface area (Å²) < 4.78 is 82.4. The van der Waals surface area contributed by atoms with Crippen molar-refractivity contribution in [2.45, 2.75) is 30.9 Å². The van der Waals surface area contributed by atoms with Crippen LogP contribution in [0.25, 0.3) is 0 Å². The Morgan fingerprint density at radius 2 is 1.73 bits per heavy atom. The Balaban J connectivity index is 2.14. The van der Waals surface area contributed by atoms with Crippen LogP contribution in [0.5, 0.6) is 0 Å². The number of ether oxygens (including phenoxy) is 1. The van der Waals surface area contributed by atoms with Crippen molar-refractivity contribution in [3.8, 4) is 0 Å². The Hall–Kier alpha value is -1.58. The van der Waals surface area contributed by atoms with Crippen LogP contribution in [0.4, 0.5) is 32.0 Å². The normalized spacial score (nSPS) is 18.3. The van der Waals surface area contributed by atoms with Crippen molar-refractivity contribution < 1.29 is 35.9 Å². The summed E-state index contributed by atoms with van der Waals surface area (Å²) in [6.07, 6.45) is -9.18. The van der Waals surface area contributed by atoms with Crippen LogP contribution >= 0.6 is 11.8 Å². The van der Waals surface area contributed by atoms with Crippen LogP contribution in [-0.2, 0) is 21.9 Å². The number of esters is 1. The lowest BCUT2D eigenvalue weighted by Crippen LogP contribution is -2.22. The lowest BCUT2D eigenvalue weighted by atomic mass is 10.1. The molecule has 1 heterocycles. The van der Waals surface area contributed by atoms with Gasteiger partial charge in [0, 0.05) is 24.0 Å². The summed E-state index contributed by atoms with van der Waals surface area (Å²) in [5.74, 6) is -0.294. The molecule has 1 aromatic carbocycles. The first-order valence-corrected chi connectivity index (χ1v) is 8.87. The molecular formula is C16H17F6NO2S. The van der Waals surface area contributed by atoms with Crippen LogP contribution in [0, 0.1) is 0 Å². The largest absolute Gasteiger partial charge is 0.465 e. The minimum atomic E-state index is -4.87. The summed E-state index contributed by atoms with van der Waals surface area (Å²) in [7, 11) is 0. The molecule has 0 bridgehead atoms. The predicted molar refractivity (Wildman–Crippen MR) is 86.2 cm³/mol. The monoisotopic (exact) mass is 401 g/mol. The summed E-state index contributed by atoms with van der Waals surface area (Å²) >= 11 is 1.29. The summed E-state index contributed by atoms with van der Waals surface area (Å²) in [6.45, 7) is 2.51. The highest BCUT2D eigenvalue weighted by atomic mass is 32.2. The maximum atomic E-state index is 12.9. The van der Waals surface area contributed by atoms with E-state index in [0.29, 0.717) is 13.0 Å². The van der Waals surface area contributed by atoms with Gasteiger partial charge in [-0.1, -0.05) is 0 Å². The van der Waals surface area contributed by atoms with E-state index in [1.807, 2.05) is 0 Å². The van der Waals surface area contributed by atoms with E-state index in [1.54, 1.807) is 6.92 Å². The van der Waals surface area contributed by atoms with Gasteiger partial charge in [0.05, 0.1) is 23.5 Å². The standard InChI is InChI=1S/C16H17F6NO2S/c1-2-25-14(24)9-26-13-3-4-23(8-13)12-6-10(15(17,18)19)5-11(7-12)16(20,21)22/h5-7,13H,2-4,8-9H2,1H3. The van der Waals surface area contributed by atoms with E-state index in [9.17, 15) is 31.1 Å². The second-order valence-corrected chi connectivity index (χ2v) is 7.03. The number of carbonyl (C=O) groups is 1. The van der Waals surface area contributed by atoms with Gasteiger partial charge in [0.25, 0.3) is 0 Å². The van der Waals surface area contributed by atoms with Crippen LogP contribution in [0.1, 0.15) is 24.5 Å². The number of halogens is 6. The summed E-state index contributed by atoms with van der Waals surface area (Å²) in [4.78, 5) is 12.8. The minimum absolute atomic E-state index is 0.0664. The molecule has 1 aliphatic rings. The van der Waals surface area contributed by atoms with Crippen LogP contribution in [0.15, 0.2) is 18.2 Å². The molecule has 3 nitrogen and oxygen atoms in total. The zero-order chi connectivity index (χ0) is 19.5. The van der Waals surface area contributed by atoms with E-state index in [1.165, 1.54) is 16.7 Å². The van der Waals surface area contributed by atoms with E-state index < -0.39 is 29.4 Å². The lowest BCUT2D eigenvalue weighted by Gasteiger charge is -2.22. The third-order valence-corrected chi connectivity index (χ3v) is 5.08. The number of hydrogen-bond acceptors (Lipinski definition) is 4. The lowest BCUT2D eigenvalue weighted by molar-refractivity contribution is -0.143. The fourth-order valence-corrected chi connectivity index (χ4v) is 3.62. The highest BCUT2D eigenvalue weighted by Crippen LogP contribution is 2.39. The van der Waals surface area contributed by atoms with Gasteiger partial charge in [0.2, 0.25) is 0 Å². The molecule has 10 heteroatoms. The molecule has 1 unspecified atom stereocenters. The molecule has 0 spiro atoms. The van der Waals surface area contributed by atoms with Crippen molar-refractivity contribution in [1.29, 1.82) is 0 Å². The topological polar surface area (TPSA) is 29.5 Å². The maximum absolute atomic E-state index is 12.9. The van der Waals surface area contributed by atoms with E-state index in [4.69, 9.17) is 4.74 Å². The fourth-order valence-electron chi connectivity index (χ4n) is 2.61. The number of nitrogens with zero attached hydrogens (tertiary/aromatic N) is 1. The van der Waals surface area contributed by atoms with Crippen molar-refractivity contribution >= 4 is 23.4 Å². The molecule has 0 radical (unpaired) electrons. The van der Waals surface area contributed by atoms with E-state index in [0.717, 1.165) is 12.1 Å². The van der Waals surface area contributed by atoms with Gasteiger partial charge in [-0.15, -0.1) is 11.8 Å². The Kier molecular flexibility index (Phi) is 6.36. The highest BCUT2D eigenvalue weighted by Gasteiger charge is 2.38. The number of rotatable bonds is 5. The molecule has 1 saturated heterocycles. The number of thioether (sulfide) groups is 1. The Morgan fingerprint density at radius 1 is 1.15 bits per heavy atom. The van der Waals surface area contributed by atoms with Gasteiger partial charge in [0.1, 0.15) is 0 Å². The summed E-state index contributed by atoms with van der Waals surface area (Å²) in [5, 5.41) is -0.0664. The van der Waals surface area contributed by atoms with Gasteiger partial charge in [-0.2, -0.15) is 26.3 Å². The summed E-state index contributed by atoms with van der Waals surface area (Å²) in [5.41, 5.74) is -2.78. The van der Waals surface area contributed by atoms with Crippen LogP contribution in [-0.4, -0.2) is 36.7 Å². The molecule has 1 aromatic rings. The Labute approximate surface area is 150 Å². The van der Waals surface area contributed by atoms with Crippen molar-refractivity contribution in [2.24, 2.45) is 0 Å². The summed E-state index contributed by atoms with van der Waals surface area (Å²) in [6, 6.07) is 1.58. The molecule has 0 aliphatic carbocycles. The van der Waals surface area contributed by atoms with Gasteiger partial charge >= 0.3 is 18.3 Å². The quantitative estimate of drug-likeness (QED) is 0.533. The highest BCUT2D eigenvalue weighted by molar-refractivity contribution is 8.00. The minimum Gasteiger partial charge on any atom is -0.465 e. The molecule has 0 amide bonds. The first-order valence-electron chi connectivity index (χ1n) is 7.82. The van der Waals surface area contributed by atoms with Crippen molar-refractivity contribution in [3.63, 3.8) is 0 Å². The third kappa shape index (κ3) is 5.46. The number of benzene rings is 1. The first-order chi connectivity index (χ1) is 12.0. The predicted octanol–water partition coefficient (Wildman–Crippen LogP) is 4.60. The van der Waals surface area contributed by atoms with Crippen molar-refractivity contribution in [3.05, 3.63) is 29.3 Å². The van der Waals surface area contributed by atoms with Gasteiger partial charge in [-0.3, -0.25) is 4.79 Å². The van der Waals surface area contributed by atoms with Crippen LogP contribution in [0.2, 0.25) is 0 Å². The first kappa shape index (κ1) is 20.7. The number of anilines is 1. The molecule has 26 heavy (non-hydrogen) atoms. The maximum Gasteiger partial charge on any atom is 0.416 e. The van der Waals surface area contributed by atoms with Crippen molar-refractivity contribution in [1.82, 2.24) is 0 Å². The second-order valence-electron chi connectivity index (χ2n) is 5.74. The molecule has 0 N–H and O–H groups in total. The number of carbonyl (C=O) groups excluding carboxylic acids is 1. The Morgan fingerprint density at radius 3 is 2.23 bits per heavy atom. The molecular weight excluding hydrogens is 384 g/mol. The van der Waals surface area contributed by atoms with Gasteiger partial charge in [-0.05, 0) is 31.5 Å². The van der Waals surface area contributed by atoms with E-state index >= 15 is 0 Å². The smallest absolute Gasteiger partial charge is 0.416 e. The number of hydrogen-bond donors (Lipinski definition) is 0. The molecule has 0 saturated carbocycles. The molecule has 146 valence electrons. The molecule has 0 aromatic heterocycles. The van der Waals surface area contributed by atoms with Gasteiger partial charge < -0.3 is 9.64 Å². The average Bonchev–Trinajstić information content (AvgIpc) is 3.00. The van der Waals surface area contributed by atoms with Crippen LogP contribution < -0.4 is 4.90 Å².